The van der Waals surface area contributed by atoms with Crippen LogP contribution in [0.4, 0.5) is 39.8 Å². The highest BCUT2D eigenvalue weighted by Crippen LogP contribution is 2.30. The van der Waals surface area contributed by atoms with E-state index in [1.165, 1.54) is 17.0 Å². The average molecular weight is 549 g/mol. The van der Waals surface area contributed by atoms with Gasteiger partial charge in [-0.15, -0.1) is 0 Å². The number of carbonyl (C=O) groups excluding carboxylic acids is 2. The van der Waals surface area contributed by atoms with Crippen molar-refractivity contribution in [3.8, 4) is 11.5 Å². The van der Waals surface area contributed by atoms with Gasteiger partial charge in [-0.1, -0.05) is 36.4 Å². The SMILES string of the molecule is Cc1cccc(NC(=O)N(CCNC(=O)Nc2cccc(C(F)(F)F)c2)c2ccc(Oc3ccccc3)cc2)c1. The molecule has 0 fully saturated rings. The molecule has 0 aliphatic heterocycles. The third-order valence-corrected chi connectivity index (χ3v) is 5.71. The molecule has 0 aromatic heterocycles. The number of alkyl halides is 3. The zero-order chi connectivity index (χ0) is 28.5. The van der Waals surface area contributed by atoms with Crippen molar-refractivity contribution in [1.82, 2.24) is 5.32 Å². The predicted molar refractivity (Wildman–Crippen MR) is 149 cm³/mol. The summed E-state index contributed by atoms with van der Waals surface area (Å²) in [5, 5.41) is 7.83. The van der Waals surface area contributed by atoms with E-state index in [2.05, 4.69) is 16.0 Å². The first-order valence-corrected chi connectivity index (χ1v) is 12.4. The number of rotatable bonds is 8. The molecule has 0 aliphatic rings. The first-order chi connectivity index (χ1) is 19.2. The zero-order valence-electron chi connectivity index (χ0n) is 21.5. The molecular formula is C30H27F3N4O3. The smallest absolute Gasteiger partial charge is 0.416 e. The summed E-state index contributed by atoms with van der Waals surface area (Å²) < 4.78 is 44.7. The topological polar surface area (TPSA) is 82.7 Å². The van der Waals surface area contributed by atoms with Gasteiger partial charge >= 0.3 is 18.2 Å². The maximum absolute atomic E-state index is 13.2. The standard InChI is InChI=1S/C30H27F3N4O3/c1-21-7-5-9-23(19-21)36-29(39)37(25-13-15-27(16-14-25)40-26-11-3-2-4-12-26)18-17-34-28(38)35-24-10-6-8-22(20-24)30(31,32)33/h2-16,19-20H,17-18H2,1H3,(H,36,39)(H2,34,35,38). The van der Waals surface area contributed by atoms with Gasteiger partial charge in [0.1, 0.15) is 11.5 Å². The molecule has 0 unspecified atom stereocenters. The Balaban J connectivity index is 1.43. The van der Waals surface area contributed by atoms with E-state index in [1.807, 2.05) is 55.5 Å². The van der Waals surface area contributed by atoms with Crippen LogP contribution >= 0.6 is 0 Å². The van der Waals surface area contributed by atoms with Crippen LogP contribution in [0.5, 0.6) is 11.5 Å². The van der Waals surface area contributed by atoms with Crippen molar-refractivity contribution in [2.45, 2.75) is 13.1 Å². The second-order valence-corrected chi connectivity index (χ2v) is 8.82. The van der Waals surface area contributed by atoms with Gasteiger partial charge in [0.05, 0.1) is 5.56 Å². The molecule has 0 bridgehead atoms. The highest BCUT2D eigenvalue weighted by molar-refractivity contribution is 6.02. The van der Waals surface area contributed by atoms with Crippen molar-refractivity contribution in [3.05, 3.63) is 114 Å². The summed E-state index contributed by atoms with van der Waals surface area (Å²) in [5.74, 6) is 1.24. The number of carbonyl (C=O) groups is 2. The number of nitrogens with one attached hydrogen (secondary N) is 3. The lowest BCUT2D eigenvalue weighted by molar-refractivity contribution is -0.137. The largest absolute Gasteiger partial charge is 0.457 e. The van der Waals surface area contributed by atoms with E-state index in [-0.39, 0.29) is 18.8 Å². The number of aryl methyl sites for hydroxylation is 1. The molecule has 0 atom stereocenters. The van der Waals surface area contributed by atoms with E-state index >= 15 is 0 Å². The Bertz CT molecular complexity index is 1440. The van der Waals surface area contributed by atoms with Crippen molar-refractivity contribution in [2.75, 3.05) is 28.6 Å². The van der Waals surface area contributed by atoms with Gasteiger partial charge in [-0.3, -0.25) is 4.90 Å². The highest BCUT2D eigenvalue weighted by atomic mass is 19.4. The summed E-state index contributed by atoms with van der Waals surface area (Å²) >= 11 is 0. The minimum Gasteiger partial charge on any atom is -0.457 e. The molecule has 4 aromatic rings. The Hall–Kier alpha value is -4.99. The summed E-state index contributed by atoms with van der Waals surface area (Å²) in [5.41, 5.74) is 1.25. The average Bonchev–Trinajstić information content (AvgIpc) is 2.92. The van der Waals surface area contributed by atoms with Crippen molar-refractivity contribution >= 4 is 29.1 Å². The van der Waals surface area contributed by atoms with Crippen LogP contribution in [0.25, 0.3) is 0 Å². The molecule has 0 spiro atoms. The van der Waals surface area contributed by atoms with Crippen LogP contribution in [0.1, 0.15) is 11.1 Å². The summed E-state index contributed by atoms with van der Waals surface area (Å²) in [6, 6.07) is 26.7. The summed E-state index contributed by atoms with van der Waals surface area (Å²) in [6.45, 7) is 2.01. The van der Waals surface area contributed by atoms with Gasteiger partial charge in [-0.25, -0.2) is 9.59 Å². The van der Waals surface area contributed by atoms with Crippen LogP contribution in [-0.2, 0) is 6.18 Å². The molecule has 4 rings (SSSR count). The fourth-order valence-corrected chi connectivity index (χ4v) is 3.81. The fourth-order valence-electron chi connectivity index (χ4n) is 3.81. The number of halogens is 3. The normalized spacial score (nSPS) is 10.9. The van der Waals surface area contributed by atoms with Crippen molar-refractivity contribution in [1.29, 1.82) is 0 Å². The molecule has 0 saturated heterocycles. The Labute approximate surface area is 229 Å². The van der Waals surface area contributed by atoms with E-state index in [0.717, 1.165) is 17.7 Å². The third-order valence-electron chi connectivity index (χ3n) is 5.71. The lowest BCUT2D eigenvalue weighted by atomic mass is 10.2. The number of nitrogens with zero attached hydrogens (tertiary/aromatic N) is 1. The van der Waals surface area contributed by atoms with Crippen molar-refractivity contribution in [3.63, 3.8) is 0 Å². The van der Waals surface area contributed by atoms with Gasteiger partial charge in [0.2, 0.25) is 0 Å². The second kappa shape index (κ2) is 12.7. The minimum absolute atomic E-state index is 0.00428. The fraction of sp³-hybridized carbons (Fsp3) is 0.133. The van der Waals surface area contributed by atoms with E-state index < -0.39 is 23.8 Å². The van der Waals surface area contributed by atoms with Gasteiger partial charge < -0.3 is 20.7 Å². The molecule has 0 aliphatic carbocycles. The van der Waals surface area contributed by atoms with Gasteiger partial charge in [-0.2, -0.15) is 13.2 Å². The minimum atomic E-state index is -4.53. The number of urea groups is 2. The molecular weight excluding hydrogens is 521 g/mol. The molecule has 0 heterocycles. The van der Waals surface area contributed by atoms with Crippen LogP contribution in [0.3, 0.4) is 0 Å². The van der Waals surface area contributed by atoms with Gasteiger partial charge in [0, 0.05) is 30.2 Å². The first kappa shape index (κ1) is 28.0. The molecule has 7 nitrogen and oxygen atoms in total. The van der Waals surface area contributed by atoms with Crippen LogP contribution < -0.4 is 25.6 Å². The summed E-state index contributed by atoms with van der Waals surface area (Å²) in [7, 11) is 0. The van der Waals surface area contributed by atoms with Gasteiger partial charge in [0.15, 0.2) is 0 Å². The van der Waals surface area contributed by atoms with Gasteiger partial charge in [-0.05, 0) is 79.2 Å². The lowest BCUT2D eigenvalue weighted by Gasteiger charge is -2.24. The van der Waals surface area contributed by atoms with Crippen LogP contribution in [0.2, 0.25) is 0 Å². The molecule has 206 valence electrons. The second-order valence-electron chi connectivity index (χ2n) is 8.82. The summed E-state index contributed by atoms with van der Waals surface area (Å²) in [6.07, 6.45) is -4.53. The first-order valence-electron chi connectivity index (χ1n) is 12.4. The molecule has 0 saturated carbocycles. The summed E-state index contributed by atoms with van der Waals surface area (Å²) in [4.78, 5) is 27.1. The Morgan fingerprint density at radius 1 is 0.775 bits per heavy atom. The molecule has 4 aromatic carbocycles. The number of hydrogen-bond acceptors (Lipinski definition) is 3. The van der Waals surface area contributed by atoms with Crippen LogP contribution in [0.15, 0.2) is 103 Å². The molecule has 4 amide bonds. The number of para-hydroxylation sites is 1. The van der Waals surface area contributed by atoms with E-state index in [4.69, 9.17) is 4.74 Å². The van der Waals surface area contributed by atoms with E-state index in [1.54, 1.807) is 30.3 Å². The van der Waals surface area contributed by atoms with Crippen molar-refractivity contribution in [2.24, 2.45) is 0 Å². The Kier molecular flexibility index (Phi) is 8.90. The number of amides is 4. The van der Waals surface area contributed by atoms with E-state index in [9.17, 15) is 22.8 Å². The number of anilines is 3. The molecule has 0 radical (unpaired) electrons. The predicted octanol–water partition coefficient (Wildman–Crippen LogP) is 7.67. The highest BCUT2D eigenvalue weighted by Gasteiger charge is 2.30. The van der Waals surface area contributed by atoms with Crippen LogP contribution in [-0.4, -0.2) is 25.2 Å². The zero-order valence-corrected chi connectivity index (χ0v) is 21.5. The molecule has 3 N–H and O–H groups in total. The van der Waals surface area contributed by atoms with Gasteiger partial charge in [0.25, 0.3) is 0 Å². The lowest BCUT2D eigenvalue weighted by Crippen LogP contribution is -2.42. The maximum Gasteiger partial charge on any atom is 0.416 e. The number of hydrogen-bond donors (Lipinski definition) is 3. The quantitative estimate of drug-likeness (QED) is 0.211. The third kappa shape index (κ3) is 8.00. The molecule has 10 heteroatoms. The van der Waals surface area contributed by atoms with Crippen LogP contribution in [0, 0.1) is 6.92 Å². The Morgan fingerprint density at radius 3 is 2.10 bits per heavy atom. The Morgan fingerprint density at radius 2 is 1.43 bits per heavy atom. The number of ether oxygens (including phenoxy) is 1. The molecule has 40 heavy (non-hydrogen) atoms. The maximum atomic E-state index is 13.2. The van der Waals surface area contributed by atoms with E-state index in [0.29, 0.717) is 22.9 Å². The van der Waals surface area contributed by atoms with Crippen molar-refractivity contribution < 1.29 is 27.5 Å². The monoisotopic (exact) mass is 548 g/mol. The number of benzene rings is 4.